The van der Waals surface area contributed by atoms with Gasteiger partial charge in [0.25, 0.3) is 10.0 Å². The van der Waals surface area contributed by atoms with Gasteiger partial charge in [0, 0.05) is 38.5 Å². The van der Waals surface area contributed by atoms with Gasteiger partial charge in [-0.3, -0.25) is 0 Å². The molecule has 4 rings (SSSR count). The summed E-state index contributed by atoms with van der Waals surface area (Å²) in [5.74, 6) is -1.37. The fourth-order valence-electron chi connectivity index (χ4n) is 2.80. The van der Waals surface area contributed by atoms with E-state index in [1.165, 1.54) is 36.7 Å². The fourth-order valence-corrected chi connectivity index (χ4v) is 5.01. The van der Waals surface area contributed by atoms with Gasteiger partial charge in [-0.2, -0.15) is 0 Å². The zero-order valence-corrected chi connectivity index (χ0v) is 16.6. The molecule has 2 heterocycles. The molecule has 0 aliphatic heterocycles. The van der Waals surface area contributed by atoms with Crippen LogP contribution in [0, 0.1) is 15.2 Å². The standard InChI is InChI=1S/C19H11F2IN2O2S/c20-13-6-7-15(17(21)9-13)12-8-16-18(22)11-24(19(16)23-10-12)27(25,26)14-4-2-1-3-5-14/h1-11H. The second kappa shape index (κ2) is 6.68. The number of benzene rings is 2. The fraction of sp³-hybridized carbons (Fsp3) is 0. The van der Waals surface area contributed by atoms with Gasteiger partial charge in [-0.1, -0.05) is 18.2 Å². The Labute approximate surface area is 167 Å². The van der Waals surface area contributed by atoms with Crippen LogP contribution in [0.2, 0.25) is 0 Å². The molecule has 27 heavy (non-hydrogen) atoms. The van der Waals surface area contributed by atoms with Crippen molar-refractivity contribution in [1.82, 2.24) is 8.96 Å². The van der Waals surface area contributed by atoms with E-state index < -0.39 is 21.7 Å². The predicted molar refractivity (Wildman–Crippen MR) is 107 cm³/mol. The van der Waals surface area contributed by atoms with Gasteiger partial charge in [0.15, 0.2) is 5.65 Å². The highest BCUT2D eigenvalue weighted by molar-refractivity contribution is 14.1. The number of rotatable bonds is 3. The molecule has 0 spiro atoms. The van der Waals surface area contributed by atoms with Crippen molar-refractivity contribution in [3.8, 4) is 11.1 Å². The van der Waals surface area contributed by atoms with Crippen LogP contribution in [-0.4, -0.2) is 17.4 Å². The summed E-state index contributed by atoms with van der Waals surface area (Å²) in [4.78, 5) is 4.40. The van der Waals surface area contributed by atoms with Crippen molar-refractivity contribution in [3.05, 3.63) is 82.2 Å². The number of hydrogen-bond donors (Lipinski definition) is 0. The Balaban J connectivity index is 1.90. The molecule has 0 N–H and O–H groups in total. The van der Waals surface area contributed by atoms with E-state index in [1.807, 2.05) is 22.6 Å². The second-order valence-electron chi connectivity index (χ2n) is 5.81. The van der Waals surface area contributed by atoms with E-state index in [4.69, 9.17) is 0 Å². The molecule has 0 atom stereocenters. The SMILES string of the molecule is O=S(=O)(c1ccccc1)n1cc(I)c2cc(-c3ccc(F)cc3F)cnc21. The summed E-state index contributed by atoms with van der Waals surface area (Å²) in [5, 5.41) is 0.566. The van der Waals surface area contributed by atoms with E-state index in [-0.39, 0.29) is 16.1 Å². The summed E-state index contributed by atoms with van der Waals surface area (Å²) in [6.45, 7) is 0. The summed E-state index contributed by atoms with van der Waals surface area (Å²) < 4.78 is 54.8. The van der Waals surface area contributed by atoms with Gasteiger partial charge in [-0.05, 0) is 52.9 Å². The molecule has 4 nitrogen and oxygen atoms in total. The molecule has 0 bridgehead atoms. The number of aromatic nitrogens is 2. The smallest absolute Gasteiger partial charge is 0.237 e. The highest BCUT2D eigenvalue weighted by Crippen LogP contribution is 2.30. The minimum Gasteiger partial charge on any atom is -0.237 e. The Morgan fingerprint density at radius 3 is 2.44 bits per heavy atom. The van der Waals surface area contributed by atoms with Gasteiger partial charge < -0.3 is 0 Å². The van der Waals surface area contributed by atoms with Gasteiger partial charge in [0.2, 0.25) is 0 Å². The molecule has 0 saturated heterocycles. The molecule has 0 amide bonds. The van der Waals surface area contributed by atoms with E-state index in [9.17, 15) is 17.2 Å². The van der Waals surface area contributed by atoms with Crippen molar-refractivity contribution < 1.29 is 17.2 Å². The molecular formula is C19H11F2IN2O2S. The molecular weight excluding hydrogens is 485 g/mol. The Hall–Kier alpha value is -2.33. The van der Waals surface area contributed by atoms with Gasteiger partial charge in [0.05, 0.1) is 4.90 Å². The van der Waals surface area contributed by atoms with E-state index >= 15 is 0 Å². The van der Waals surface area contributed by atoms with Crippen LogP contribution in [0.25, 0.3) is 22.2 Å². The van der Waals surface area contributed by atoms with E-state index in [2.05, 4.69) is 4.98 Å². The van der Waals surface area contributed by atoms with Crippen LogP contribution in [0.15, 0.2) is 71.9 Å². The molecule has 0 saturated carbocycles. The van der Waals surface area contributed by atoms with Gasteiger partial charge in [-0.15, -0.1) is 0 Å². The van der Waals surface area contributed by atoms with Gasteiger partial charge in [0.1, 0.15) is 11.6 Å². The quantitative estimate of drug-likeness (QED) is 0.383. The molecule has 0 unspecified atom stereocenters. The third-order valence-corrected chi connectivity index (χ3v) is 6.63. The number of pyridine rings is 1. The van der Waals surface area contributed by atoms with Crippen LogP contribution in [0.5, 0.6) is 0 Å². The highest BCUT2D eigenvalue weighted by Gasteiger charge is 2.22. The van der Waals surface area contributed by atoms with Crippen molar-refractivity contribution >= 4 is 43.6 Å². The van der Waals surface area contributed by atoms with Gasteiger partial charge >= 0.3 is 0 Å². The number of halogens is 3. The summed E-state index contributed by atoms with van der Waals surface area (Å²) in [6, 6.07) is 13.0. The molecule has 0 aliphatic rings. The normalized spacial score (nSPS) is 11.8. The lowest BCUT2D eigenvalue weighted by Gasteiger charge is -2.08. The maximum absolute atomic E-state index is 14.1. The minimum atomic E-state index is -3.81. The molecule has 2 aromatic carbocycles. The van der Waals surface area contributed by atoms with Crippen molar-refractivity contribution in [3.63, 3.8) is 0 Å². The monoisotopic (exact) mass is 496 g/mol. The largest absolute Gasteiger partial charge is 0.269 e. The van der Waals surface area contributed by atoms with E-state index in [0.717, 1.165) is 10.0 Å². The van der Waals surface area contributed by atoms with Crippen LogP contribution >= 0.6 is 22.6 Å². The zero-order valence-electron chi connectivity index (χ0n) is 13.6. The number of fused-ring (bicyclic) bond motifs is 1. The van der Waals surface area contributed by atoms with Crippen LogP contribution in [0.3, 0.4) is 0 Å². The van der Waals surface area contributed by atoms with Crippen molar-refractivity contribution in [2.45, 2.75) is 4.90 Å². The van der Waals surface area contributed by atoms with Crippen LogP contribution < -0.4 is 0 Å². The van der Waals surface area contributed by atoms with E-state index in [0.29, 0.717) is 14.5 Å². The third-order valence-electron chi connectivity index (χ3n) is 4.11. The Bertz CT molecular complexity index is 1270. The number of nitrogens with zero attached hydrogens (tertiary/aromatic N) is 2. The minimum absolute atomic E-state index is 0.147. The molecule has 0 aliphatic carbocycles. The summed E-state index contributed by atoms with van der Waals surface area (Å²) in [5.41, 5.74) is 0.877. The van der Waals surface area contributed by atoms with Crippen molar-refractivity contribution in [2.75, 3.05) is 0 Å². The highest BCUT2D eigenvalue weighted by atomic mass is 127. The predicted octanol–water partition coefficient (Wildman–Crippen LogP) is 4.82. The Morgan fingerprint density at radius 1 is 1.00 bits per heavy atom. The zero-order chi connectivity index (χ0) is 19.2. The lowest BCUT2D eigenvalue weighted by atomic mass is 10.1. The lowest BCUT2D eigenvalue weighted by molar-refractivity contribution is 0.585. The summed E-state index contributed by atoms with van der Waals surface area (Å²) in [6.07, 6.45) is 2.86. The van der Waals surface area contributed by atoms with Crippen LogP contribution in [0.4, 0.5) is 8.78 Å². The Morgan fingerprint density at radius 2 is 1.74 bits per heavy atom. The van der Waals surface area contributed by atoms with Crippen LogP contribution in [0.1, 0.15) is 0 Å². The van der Waals surface area contributed by atoms with Crippen molar-refractivity contribution in [2.24, 2.45) is 0 Å². The van der Waals surface area contributed by atoms with Gasteiger partial charge in [-0.25, -0.2) is 26.2 Å². The first kappa shape index (κ1) is 18.1. The third kappa shape index (κ3) is 3.12. The molecule has 136 valence electrons. The first-order valence-corrected chi connectivity index (χ1v) is 10.3. The van der Waals surface area contributed by atoms with Crippen molar-refractivity contribution in [1.29, 1.82) is 0 Å². The topological polar surface area (TPSA) is 52.0 Å². The summed E-state index contributed by atoms with van der Waals surface area (Å²) >= 11 is 2.01. The molecule has 0 radical (unpaired) electrons. The summed E-state index contributed by atoms with van der Waals surface area (Å²) in [7, 11) is -3.81. The second-order valence-corrected chi connectivity index (χ2v) is 8.79. The average molecular weight is 496 g/mol. The molecule has 2 aromatic heterocycles. The lowest BCUT2D eigenvalue weighted by Crippen LogP contribution is -2.12. The number of hydrogen-bond acceptors (Lipinski definition) is 3. The maximum Gasteiger partial charge on any atom is 0.269 e. The van der Waals surface area contributed by atoms with E-state index in [1.54, 1.807) is 24.3 Å². The molecule has 8 heteroatoms. The molecule has 0 fully saturated rings. The maximum atomic E-state index is 14.1. The first-order valence-electron chi connectivity index (χ1n) is 7.80. The average Bonchev–Trinajstić information content (AvgIpc) is 2.99. The Kier molecular flexibility index (Phi) is 4.47. The van der Waals surface area contributed by atoms with Crippen LogP contribution in [-0.2, 0) is 10.0 Å². The first-order chi connectivity index (χ1) is 12.9. The molecule has 4 aromatic rings.